The topological polar surface area (TPSA) is 73.1 Å². The molecule has 25 heavy (non-hydrogen) atoms. The maximum absolute atomic E-state index is 12.3. The second-order valence-electron chi connectivity index (χ2n) is 6.47. The summed E-state index contributed by atoms with van der Waals surface area (Å²) >= 11 is 6.27. The van der Waals surface area contributed by atoms with Gasteiger partial charge in [0.05, 0.1) is 12.8 Å². The molecule has 8 heteroatoms. The second kappa shape index (κ2) is 7.00. The van der Waals surface area contributed by atoms with Gasteiger partial charge in [-0.2, -0.15) is 4.68 Å². The Bertz CT molecular complexity index is 770. The highest BCUT2D eigenvalue weighted by atomic mass is 35.5. The number of rotatable bonds is 3. The van der Waals surface area contributed by atoms with Gasteiger partial charge in [0.2, 0.25) is 0 Å². The lowest BCUT2D eigenvalue weighted by Crippen LogP contribution is -2.50. The van der Waals surface area contributed by atoms with Crippen molar-refractivity contribution < 1.29 is 9.53 Å². The van der Waals surface area contributed by atoms with Crippen LogP contribution in [-0.2, 0) is 10.3 Å². The standard InChI is InChI=1S/C17H22ClN5O2/c1-12-7-8-13(11-14(12)18)23-15(19-20-21-23)17(9-5-4-6-10-17)22(2)16(24)25-3/h7-8,11H,4-6,9-10H2,1-3H3. The van der Waals surface area contributed by atoms with Crippen molar-refractivity contribution in [3.05, 3.63) is 34.6 Å². The molecule has 1 fully saturated rings. The molecule has 0 atom stereocenters. The summed E-state index contributed by atoms with van der Waals surface area (Å²) in [6.07, 6.45) is 4.33. The fraction of sp³-hybridized carbons (Fsp3) is 0.529. The van der Waals surface area contributed by atoms with Crippen LogP contribution in [0.1, 0.15) is 43.5 Å². The highest BCUT2D eigenvalue weighted by Crippen LogP contribution is 2.41. The lowest BCUT2D eigenvalue weighted by molar-refractivity contribution is 0.0472. The molecule has 0 aliphatic heterocycles. The maximum Gasteiger partial charge on any atom is 0.410 e. The number of amides is 1. The highest BCUT2D eigenvalue weighted by Gasteiger charge is 2.45. The molecule has 1 aromatic carbocycles. The summed E-state index contributed by atoms with van der Waals surface area (Å²) < 4.78 is 6.63. The highest BCUT2D eigenvalue weighted by molar-refractivity contribution is 6.31. The quantitative estimate of drug-likeness (QED) is 0.834. The Hall–Kier alpha value is -2.15. The summed E-state index contributed by atoms with van der Waals surface area (Å²) in [5.41, 5.74) is 1.17. The molecule has 0 bridgehead atoms. The molecule has 0 saturated heterocycles. The predicted molar refractivity (Wildman–Crippen MR) is 93.8 cm³/mol. The van der Waals surface area contributed by atoms with E-state index < -0.39 is 11.6 Å². The fourth-order valence-corrected chi connectivity index (χ4v) is 3.70. The zero-order valence-corrected chi connectivity index (χ0v) is 15.5. The Morgan fingerprint density at radius 2 is 2.04 bits per heavy atom. The van der Waals surface area contributed by atoms with Gasteiger partial charge in [-0.3, -0.25) is 4.90 Å². The number of methoxy groups -OCH3 is 1. The zero-order chi connectivity index (χ0) is 18.0. The molecular weight excluding hydrogens is 342 g/mol. The van der Waals surface area contributed by atoms with Gasteiger partial charge < -0.3 is 4.74 Å². The summed E-state index contributed by atoms with van der Waals surface area (Å²) in [5.74, 6) is 0.639. The van der Waals surface area contributed by atoms with E-state index in [0.717, 1.165) is 43.4 Å². The molecule has 3 rings (SSSR count). The zero-order valence-electron chi connectivity index (χ0n) is 14.7. The van der Waals surface area contributed by atoms with E-state index in [-0.39, 0.29) is 0 Å². The van der Waals surface area contributed by atoms with Crippen LogP contribution in [-0.4, -0.2) is 45.4 Å². The molecule has 134 valence electrons. The van der Waals surface area contributed by atoms with Crippen LogP contribution in [0.2, 0.25) is 5.02 Å². The minimum absolute atomic E-state index is 0.390. The average Bonchev–Trinajstić information content (AvgIpc) is 3.13. The summed E-state index contributed by atoms with van der Waals surface area (Å²) in [5, 5.41) is 13.0. The molecule has 0 unspecified atom stereocenters. The Labute approximate surface area is 151 Å². The van der Waals surface area contributed by atoms with Gasteiger partial charge in [0.15, 0.2) is 5.82 Å². The van der Waals surface area contributed by atoms with Crippen LogP contribution in [0.5, 0.6) is 0 Å². The summed E-state index contributed by atoms with van der Waals surface area (Å²) in [6, 6.07) is 5.70. The molecule has 0 radical (unpaired) electrons. The third-order valence-electron chi connectivity index (χ3n) is 5.06. The summed E-state index contributed by atoms with van der Waals surface area (Å²) in [4.78, 5) is 13.9. The molecule has 1 saturated carbocycles. The number of benzene rings is 1. The number of halogens is 1. The second-order valence-corrected chi connectivity index (χ2v) is 6.88. The lowest BCUT2D eigenvalue weighted by atomic mass is 9.79. The molecule has 1 aliphatic rings. The van der Waals surface area contributed by atoms with Crippen LogP contribution in [0.4, 0.5) is 4.79 Å². The largest absolute Gasteiger partial charge is 0.453 e. The van der Waals surface area contributed by atoms with Gasteiger partial charge in [-0.25, -0.2) is 4.79 Å². The van der Waals surface area contributed by atoms with Crippen molar-refractivity contribution in [2.75, 3.05) is 14.2 Å². The Morgan fingerprint density at radius 1 is 1.32 bits per heavy atom. The first-order valence-corrected chi connectivity index (χ1v) is 8.74. The molecule has 0 spiro atoms. The third-order valence-corrected chi connectivity index (χ3v) is 5.46. The number of aromatic nitrogens is 4. The molecule has 2 aromatic rings. The van der Waals surface area contributed by atoms with Crippen molar-refractivity contribution in [1.29, 1.82) is 0 Å². The van der Waals surface area contributed by atoms with E-state index in [1.807, 2.05) is 25.1 Å². The Morgan fingerprint density at radius 3 is 2.68 bits per heavy atom. The van der Waals surface area contributed by atoms with Crippen LogP contribution in [0.3, 0.4) is 0 Å². The smallest absolute Gasteiger partial charge is 0.410 e. The van der Waals surface area contributed by atoms with Gasteiger partial charge in [0.1, 0.15) is 5.54 Å². The van der Waals surface area contributed by atoms with E-state index in [2.05, 4.69) is 15.5 Å². The predicted octanol–water partition coefficient (Wildman–Crippen LogP) is 3.48. The summed E-state index contributed by atoms with van der Waals surface area (Å²) in [6.45, 7) is 1.94. The summed E-state index contributed by atoms with van der Waals surface area (Å²) in [7, 11) is 3.14. The van der Waals surface area contributed by atoms with Crippen molar-refractivity contribution in [3.8, 4) is 5.69 Å². The number of tetrazole rings is 1. The van der Waals surface area contributed by atoms with Crippen LogP contribution in [0, 0.1) is 6.92 Å². The van der Waals surface area contributed by atoms with Gasteiger partial charge >= 0.3 is 6.09 Å². The van der Waals surface area contributed by atoms with Crippen molar-refractivity contribution in [2.45, 2.75) is 44.6 Å². The van der Waals surface area contributed by atoms with Crippen molar-refractivity contribution in [3.63, 3.8) is 0 Å². The number of carbonyl (C=O) groups excluding carboxylic acids is 1. The first-order valence-electron chi connectivity index (χ1n) is 8.37. The number of ether oxygens (including phenoxy) is 1. The van der Waals surface area contributed by atoms with Gasteiger partial charge in [0, 0.05) is 12.1 Å². The monoisotopic (exact) mass is 363 g/mol. The minimum atomic E-state index is -0.591. The van der Waals surface area contributed by atoms with Gasteiger partial charge in [0.25, 0.3) is 0 Å². The van der Waals surface area contributed by atoms with Crippen molar-refractivity contribution >= 4 is 17.7 Å². The fourth-order valence-electron chi connectivity index (χ4n) is 3.52. The first-order chi connectivity index (χ1) is 12.0. The van der Waals surface area contributed by atoms with Crippen molar-refractivity contribution in [1.82, 2.24) is 25.1 Å². The Kier molecular flexibility index (Phi) is 4.94. The van der Waals surface area contributed by atoms with Gasteiger partial charge in [-0.1, -0.05) is 36.9 Å². The molecule has 7 nitrogen and oxygen atoms in total. The number of hydrogen-bond acceptors (Lipinski definition) is 5. The number of hydrogen-bond donors (Lipinski definition) is 0. The van der Waals surface area contributed by atoms with E-state index in [1.165, 1.54) is 7.11 Å². The van der Waals surface area contributed by atoms with Crippen LogP contribution < -0.4 is 0 Å². The number of nitrogens with zero attached hydrogens (tertiary/aromatic N) is 5. The van der Waals surface area contributed by atoms with Crippen LogP contribution in [0.15, 0.2) is 18.2 Å². The van der Waals surface area contributed by atoms with E-state index in [9.17, 15) is 4.79 Å². The number of carbonyl (C=O) groups is 1. The van der Waals surface area contributed by atoms with Gasteiger partial charge in [-0.05, 0) is 47.9 Å². The first kappa shape index (κ1) is 17.7. The van der Waals surface area contributed by atoms with E-state index in [0.29, 0.717) is 10.8 Å². The molecule has 1 heterocycles. The minimum Gasteiger partial charge on any atom is -0.453 e. The normalized spacial score (nSPS) is 16.5. The SMILES string of the molecule is COC(=O)N(C)C1(c2nnnn2-c2ccc(C)c(Cl)c2)CCCCC1. The van der Waals surface area contributed by atoms with Crippen molar-refractivity contribution in [2.24, 2.45) is 0 Å². The van der Waals surface area contributed by atoms with Crippen LogP contribution in [0.25, 0.3) is 5.69 Å². The third kappa shape index (κ3) is 3.08. The van der Waals surface area contributed by atoms with Gasteiger partial charge in [-0.15, -0.1) is 5.10 Å². The lowest BCUT2D eigenvalue weighted by Gasteiger charge is -2.42. The molecule has 1 aliphatic carbocycles. The number of aryl methyl sites for hydroxylation is 1. The Balaban J connectivity index is 2.10. The van der Waals surface area contributed by atoms with Crippen LogP contribution >= 0.6 is 11.6 Å². The maximum atomic E-state index is 12.3. The molecule has 0 N–H and O–H groups in total. The molecule has 1 aromatic heterocycles. The molecule has 1 amide bonds. The van der Waals surface area contributed by atoms with E-state index in [4.69, 9.17) is 16.3 Å². The average molecular weight is 364 g/mol. The van der Waals surface area contributed by atoms with E-state index in [1.54, 1.807) is 16.6 Å². The van der Waals surface area contributed by atoms with E-state index >= 15 is 0 Å². The molecular formula is C17H22ClN5O2.